The van der Waals surface area contributed by atoms with Crippen molar-refractivity contribution in [2.24, 2.45) is 0 Å². The highest BCUT2D eigenvalue weighted by molar-refractivity contribution is 5.82. The summed E-state index contributed by atoms with van der Waals surface area (Å²) in [5.41, 5.74) is 0. The molecule has 0 saturated carbocycles. The molecule has 0 aliphatic carbocycles. The van der Waals surface area contributed by atoms with Crippen LogP contribution in [0.4, 0.5) is 0 Å². The highest BCUT2D eigenvalue weighted by Gasteiger charge is 2.16. The van der Waals surface area contributed by atoms with Gasteiger partial charge in [-0.3, -0.25) is 9.69 Å². The van der Waals surface area contributed by atoms with Gasteiger partial charge in [0.1, 0.15) is 6.61 Å². The molecule has 98 valence electrons. The molecule has 0 bridgehead atoms. The first-order valence-electron chi connectivity index (χ1n) is 5.96. The number of cyclic esters (lactones) is 2. The molecule has 2 fully saturated rings. The molecule has 0 spiro atoms. The minimum absolute atomic E-state index is 0.0833. The summed E-state index contributed by atoms with van der Waals surface area (Å²) in [7, 11) is 0. The third-order valence-corrected chi connectivity index (χ3v) is 2.32. The average Bonchev–Trinajstić information content (AvgIpc) is 3.08. The molecule has 0 aromatic rings. The van der Waals surface area contributed by atoms with Crippen molar-refractivity contribution >= 4 is 11.9 Å². The number of ether oxygens (including phenoxy) is 2. The number of nitrogens with one attached hydrogen (secondary N) is 1. The monoisotopic (exact) mass is 244 g/mol. The van der Waals surface area contributed by atoms with Crippen molar-refractivity contribution in [3.8, 4) is 0 Å². The van der Waals surface area contributed by atoms with E-state index >= 15 is 0 Å². The van der Waals surface area contributed by atoms with Gasteiger partial charge in [0.15, 0.2) is 6.61 Å². The lowest BCUT2D eigenvalue weighted by atomic mass is 10.4. The van der Waals surface area contributed by atoms with E-state index in [2.05, 4.69) is 21.9 Å². The number of epoxide rings is 1. The van der Waals surface area contributed by atoms with Crippen LogP contribution in [0.25, 0.3) is 0 Å². The van der Waals surface area contributed by atoms with Crippen LogP contribution in [0, 0.1) is 0 Å². The number of morpholine rings is 1. The Morgan fingerprint density at radius 1 is 1.24 bits per heavy atom. The Bertz CT molecular complexity index is 252. The minimum Gasteiger partial charge on any atom is -0.463 e. The predicted molar refractivity (Wildman–Crippen MR) is 61.5 cm³/mol. The molecule has 2 saturated heterocycles. The van der Waals surface area contributed by atoms with Crippen molar-refractivity contribution in [2.45, 2.75) is 13.3 Å². The Morgan fingerprint density at radius 3 is 2.47 bits per heavy atom. The van der Waals surface area contributed by atoms with Crippen LogP contribution in [0.15, 0.2) is 0 Å². The number of carbonyl (C=O) groups excluding carboxylic acids is 2. The lowest BCUT2D eigenvalue weighted by molar-refractivity contribution is -0.150. The van der Waals surface area contributed by atoms with E-state index in [1.165, 1.54) is 0 Å². The SMILES string of the molecule is CCCNCCN1CCOC(=O)C1.O=C1CO1. The maximum atomic E-state index is 10.9. The fourth-order valence-corrected chi connectivity index (χ4v) is 1.36. The molecule has 6 nitrogen and oxygen atoms in total. The molecular weight excluding hydrogens is 224 g/mol. The molecule has 2 aliphatic rings. The van der Waals surface area contributed by atoms with Gasteiger partial charge in [-0.2, -0.15) is 0 Å². The van der Waals surface area contributed by atoms with Crippen molar-refractivity contribution in [3.63, 3.8) is 0 Å². The zero-order chi connectivity index (χ0) is 12.5. The first-order chi connectivity index (χ1) is 8.22. The molecule has 0 radical (unpaired) electrons. The van der Waals surface area contributed by atoms with Gasteiger partial charge < -0.3 is 14.8 Å². The molecular formula is C11H20N2O4. The van der Waals surface area contributed by atoms with E-state index in [-0.39, 0.29) is 11.9 Å². The van der Waals surface area contributed by atoms with Crippen LogP contribution in [-0.2, 0) is 19.1 Å². The molecule has 0 atom stereocenters. The van der Waals surface area contributed by atoms with Crippen molar-refractivity contribution in [1.82, 2.24) is 10.2 Å². The first kappa shape index (κ1) is 13.9. The maximum absolute atomic E-state index is 10.9. The highest BCUT2D eigenvalue weighted by Crippen LogP contribution is 1.96. The van der Waals surface area contributed by atoms with E-state index in [9.17, 15) is 9.59 Å². The molecule has 0 aromatic carbocycles. The van der Waals surface area contributed by atoms with Crippen molar-refractivity contribution in [2.75, 3.05) is 45.9 Å². The summed E-state index contributed by atoms with van der Waals surface area (Å²) in [5.74, 6) is -0.179. The Labute approximate surface area is 101 Å². The minimum atomic E-state index is -0.0956. The Hall–Kier alpha value is -1.14. The lowest BCUT2D eigenvalue weighted by Gasteiger charge is -2.25. The Kier molecular flexibility index (Phi) is 6.57. The second kappa shape index (κ2) is 8.03. The number of nitrogens with zero attached hydrogens (tertiary/aromatic N) is 1. The van der Waals surface area contributed by atoms with Crippen molar-refractivity contribution in [3.05, 3.63) is 0 Å². The van der Waals surface area contributed by atoms with E-state index < -0.39 is 0 Å². The van der Waals surface area contributed by atoms with Gasteiger partial charge in [-0.15, -0.1) is 0 Å². The fourth-order valence-electron chi connectivity index (χ4n) is 1.36. The summed E-state index contributed by atoms with van der Waals surface area (Å²) in [5, 5.41) is 3.30. The molecule has 2 aliphatic heterocycles. The van der Waals surface area contributed by atoms with Crippen LogP contribution < -0.4 is 5.32 Å². The fraction of sp³-hybridized carbons (Fsp3) is 0.818. The molecule has 17 heavy (non-hydrogen) atoms. The summed E-state index contributed by atoms with van der Waals surface area (Å²) in [4.78, 5) is 22.3. The summed E-state index contributed by atoms with van der Waals surface area (Å²) < 4.78 is 8.90. The first-order valence-corrected chi connectivity index (χ1v) is 5.96. The van der Waals surface area contributed by atoms with Gasteiger partial charge >= 0.3 is 11.9 Å². The van der Waals surface area contributed by atoms with Crippen LogP contribution in [0.1, 0.15) is 13.3 Å². The summed E-state index contributed by atoms with van der Waals surface area (Å²) >= 11 is 0. The van der Waals surface area contributed by atoms with Gasteiger partial charge in [0, 0.05) is 19.6 Å². The van der Waals surface area contributed by atoms with Crippen LogP contribution in [0.3, 0.4) is 0 Å². The third-order valence-electron chi connectivity index (χ3n) is 2.32. The molecule has 2 rings (SSSR count). The van der Waals surface area contributed by atoms with E-state index in [0.717, 1.165) is 32.6 Å². The molecule has 2 heterocycles. The zero-order valence-electron chi connectivity index (χ0n) is 10.2. The van der Waals surface area contributed by atoms with Crippen molar-refractivity contribution < 1.29 is 19.1 Å². The normalized spacial score (nSPS) is 18.9. The van der Waals surface area contributed by atoms with E-state index in [4.69, 9.17) is 4.74 Å². The number of hydrogen-bond donors (Lipinski definition) is 1. The van der Waals surface area contributed by atoms with E-state index in [1.807, 2.05) is 0 Å². The van der Waals surface area contributed by atoms with E-state index in [0.29, 0.717) is 19.8 Å². The quantitative estimate of drug-likeness (QED) is 0.395. The van der Waals surface area contributed by atoms with Crippen molar-refractivity contribution in [1.29, 1.82) is 0 Å². The average molecular weight is 244 g/mol. The molecule has 6 heteroatoms. The van der Waals surface area contributed by atoms with Crippen LogP contribution in [0.2, 0.25) is 0 Å². The lowest BCUT2D eigenvalue weighted by Crippen LogP contribution is -2.42. The largest absolute Gasteiger partial charge is 0.463 e. The van der Waals surface area contributed by atoms with Gasteiger partial charge in [0.2, 0.25) is 0 Å². The topological polar surface area (TPSA) is 71.2 Å². The van der Waals surface area contributed by atoms with Gasteiger partial charge in [-0.25, -0.2) is 4.79 Å². The summed E-state index contributed by atoms with van der Waals surface area (Å²) in [6.45, 7) is 7.32. The van der Waals surface area contributed by atoms with E-state index in [1.54, 1.807) is 0 Å². The van der Waals surface area contributed by atoms with Gasteiger partial charge in [-0.05, 0) is 13.0 Å². The Balaban J connectivity index is 0.000000302. The number of rotatable bonds is 5. The van der Waals surface area contributed by atoms with Gasteiger partial charge in [-0.1, -0.05) is 6.92 Å². The number of carbonyl (C=O) groups is 2. The summed E-state index contributed by atoms with van der Waals surface area (Å²) in [6.07, 6.45) is 1.15. The van der Waals surface area contributed by atoms with Crippen LogP contribution >= 0.6 is 0 Å². The molecule has 0 unspecified atom stereocenters. The number of esters is 1. The molecule has 0 aromatic heterocycles. The van der Waals surface area contributed by atoms with Gasteiger partial charge in [0.25, 0.3) is 0 Å². The van der Waals surface area contributed by atoms with Crippen LogP contribution in [-0.4, -0.2) is 62.8 Å². The summed E-state index contributed by atoms with van der Waals surface area (Å²) in [6, 6.07) is 0. The predicted octanol–water partition coefficient (Wildman–Crippen LogP) is -0.612. The van der Waals surface area contributed by atoms with Gasteiger partial charge in [0.05, 0.1) is 6.54 Å². The third kappa shape index (κ3) is 7.70. The second-order valence-electron chi connectivity index (χ2n) is 3.91. The second-order valence-corrected chi connectivity index (χ2v) is 3.91. The zero-order valence-corrected chi connectivity index (χ0v) is 10.2. The number of hydrogen-bond acceptors (Lipinski definition) is 6. The Morgan fingerprint density at radius 2 is 1.94 bits per heavy atom. The highest BCUT2D eigenvalue weighted by atomic mass is 16.6. The van der Waals surface area contributed by atoms with Crippen LogP contribution in [0.5, 0.6) is 0 Å². The maximum Gasteiger partial charge on any atom is 0.344 e. The molecule has 0 amide bonds. The smallest absolute Gasteiger partial charge is 0.344 e. The standard InChI is InChI=1S/C9H18N2O2.C2H2O2/c1-2-3-10-4-5-11-6-7-13-9(12)8-11;3-2-1-4-2/h10H,2-8H2,1H3;1H2. The molecule has 1 N–H and O–H groups in total.